The third-order valence-corrected chi connectivity index (χ3v) is 7.20. The fraction of sp³-hybridized carbons (Fsp3) is 0.0968. The predicted octanol–water partition coefficient (Wildman–Crippen LogP) is 6.47. The largest absolute Gasteiger partial charge is 0.496 e. The molecule has 3 aromatic carbocycles. The van der Waals surface area contributed by atoms with Crippen molar-refractivity contribution < 1.29 is 23.5 Å². The van der Waals surface area contributed by atoms with Crippen LogP contribution in [0.1, 0.15) is 16.9 Å². The van der Waals surface area contributed by atoms with E-state index in [4.69, 9.17) is 25.5 Å². The molecular weight excluding hydrogens is 576 g/mol. The van der Waals surface area contributed by atoms with Gasteiger partial charge < -0.3 is 19.2 Å². The molecule has 4 aromatic rings. The number of nitrogens with one attached hydrogen (secondary N) is 1. The maximum absolute atomic E-state index is 13.5. The third kappa shape index (κ3) is 7.28. The number of para-hydroxylation sites is 2. The minimum atomic E-state index is -0.335. The van der Waals surface area contributed by atoms with Gasteiger partial charge in [0, 0.05) is 21.8 Å². The van der Waals surface area contributed by atoms with Crippen LogP contribution in [-0.4, -0.2) is 41.8 Å². The molecule has 212 valence electrons. The number of ether oxygens (including phenoxy) is 2. The summed E-state index contributed by atoms with van der Waals surface area (Å²) in [6, 6.07) is 24.9. The highest BCUT2D eigenvalue weighted by atomic mass is 35.5. The van der Waals surface area contributed by atoms with Crippen molar-refractivity contribution in [3.05, 3.63) is 118 Å². The molecule has 42 heavy (non-hydrogen) atoms. The molecular formula is C31H25ClN4O5S. The first-order valence-electron chi connectivity index (χ1n) is 12.8. The zero-order valence-electron chi connectivity index (χ0n) is 22.4. The lowest BCUT2D eigenvalue weighted by atomic mass is 10.2. The van der Waals surface area contributed by atoms with Crippen LogP contribution in [0.5, 0.6) is 11.5 Å². The molecule has 0 unspecified atom stereocenters. The molecule has 1 fully saturated rings. The van der Waals surface area contributed by atoms with Crippen LogP contribution in [0.3, 0.4) is 0 Å². The van der Waals surface area contributed by atoms with Gasteiger partial charge in [0.25, 0.3) is 11.8 Å². The van der Waals surface area contributed by atoms with Crippen molar-refractivity contribution in [2.24, 2.45) is 10.2 Å². The quantitative estimate of drug-likeness (QED) is 0.127. The fourth-order valence-electron chi connectivity index (χ4n) is 3.94. The molecule has 0 aliphatic carbocycles. The Labute approximate surface area is 251 Å². The Morgan fingerprint density at radius 1 is 1.00 bits per heavy atom. The first-order valence-corrected chi connectivity index (χ1v) is 13.9. The van der Waals surface area contributed by atoms with Crippen molar-refractivity contribution in [3.8, 4) is 11.5 Å². The summed E-state index contributed by atoms with van der Waals surface area (Å²) in [5, 5.41) is 12.3. The van der Waals surface area contributed by atoms with Gasteiger partial charge in [0.2, 0.25) is 0 Å². The Hall–Kier alpha value is -4.80. The van der Waals surface area contributed by atoms with Crippen LogP contribution >= 0.6 is 23.4 Å². The molecule has 0 bridgehead atoms. The van der Waals surface area contributed by atoms with Gasteiger partial charge in [0.1, 0.15) is 17.3 Å². The molecule has 0 spiro atoms. The van der Waals surface area contributed by atoms with Crippen LogP contribution in [0.25, 0.3) is 6.08 Å². The van der Waals surface area contributed by atoms with E-state index in [0.717, 1.165) is 5.56 Å². The average molecular weight is 601 g/mol. The van der Waals surface area contributed by atoms with Gasteiger partial charge in [-0.15, -0.1) is 5.10 Å². The number of amidine groups is 1. The van der Waals surface area contributed by atoms with E-state index >= 15 is 0 Å². The van der Waals surface area contributed by atoms with E-state index in [9.17, 15) is 9.59 Å². The summed E-state index contributed by atoms with van der Waals surface area (Å²) in [4.78, 5) is 27.9. The number of thioether (sulfide) groups is 1. The molecule has 2 heterocycles. The lowest BCUT2D eigenvalue weighted by Gasteiger charge is -2.12. The Kier molecular flexibility index (Phi) is 9.37. The third-order valence-electron chi connectivity index (χ3n) is 5.95. The van der Waals surface area contributed by atoms with Crippen molar-refractivity contribution in [3.63, 3.8) is 0 Å². The summed E-state index contributed by atoms with van der Waals surface area (Å²) in [7, 11) is 1.58. The highest BCUT2D eigenvalue weighted by Crippen LogP contribution is 2.35. The number of rotatable bonds is 10. The molecule has 1 aliphatic heterocycles. The Morgan fingerprint density at radius 2 is 1.74 bits per heavy atom. The zero-order chi connectivity index (χ0) is 29.3. The van der Waals surface area contributed by atoms with Gasteiger partial charge in [-0.2, -0.15) is 5.10 Å². The van der Waals surface area contributed by atoms with E-state index in [0.29, 0.717) is 43.6 Å². The summed E-state index contributed by atoms with van der Waals surface area (Å²) in [6.07, 6.45) is 4.83. The summed E-state index contributed by atoms with van der Waals surface area (Å²) >= 11 is 7.09. The number of nitrogens with zero attached hydrogens (tertiary/aromatic N) is 3. The first kappa shape index (κ1) is 28.7. The molecule has 0 radical (unpaired) electrons. The number of amides is 2. The van der Waals surface area contributed by atoms with E-state index in [1.165, 1.54) is 16.7 Å². The molecule has 0 atom stereocenters. The fourth-order valence-corrected chi connectivity index (χ4v) is 4.99. The highest BCUT2D eigenvalue weighted by molar-refractivity contribution is 8.18. The van der Waals surface area contributed by atoms with Gasteiger partial charge >= 0.3 is 0 Å². The van der Waals surface area contributed by atoms with Gasteiger partial charge in [-0.05, 0) is 72.4 Å². The van der Waals surface area contributed by atoms with Crippen LogP contribution in [0.15, 0.2) is 111 Å². The molecule has 1 N–H and O–H groups in total. The first-order chi connectivity index (χ1) is 20.5. The summed E-state index contributed by atoms with van der Waals surface area (Å²) in [6.45, 7) is -0.0406. The standard InChI is InChI=1S/C31H25ClN4O5S/c1-39-26-10-4-3-8-22(26)18-33-35-31-36(19-25-9-6-16-40-25)30(38)28(42-31)17-21-7-2-5-11-27(21)41-20-29(37)34-24-14-12-23(32)13-15-24/h2-18H,19-20H2,1H3,(H,34,37)/b28-17-,33-18-,35-31+. The van der Waals surface area contributed by atoms with E-state index < -0.39 is 0 Å². The van der Waals surface area contributed by atoms with E-state index in [1.807, 2.05) is 30.3 Å². The molecule has 9 nitrogen and oxygen atoms in total. The monoisotopic (exact) mass is 600 g/mol. The summed E-state index contributed by atoms with van der Waals surface area (Å²) in [5.74, 6) is 1.10. The van der Waals surface area contributed by atoms with Gasteiger partial charge in [0.15, 0.2) is 11.8 Å². The van der Waals surface area contributed by atoms with E-state index in [2.05, 4.69) is 15.5 Å². The number of halogens is 1. The van der Waals surface area contributed by atoms with E-state index in [-0.39, 0.29) is 25.0 Å². The maximum atomic E-state index is 13.5. The van der Waals surface area contributed by atoms with Crippen LogP contribution in [0.2, 0.25) is 5.02 Å². The number of hydrogen-bond donors (Lipinski definition) is 1. The topological polar surface area (TPSA) is 106 Å². The van der Waals surface area contributed by atoms with Crippen molar-refractivity contribution in [1.29, 1.82) is 0 Å². The second-order valence-electron chi connectivity index (χ2n) is 8.83. The number of carbonyl (C=O) groups excluding carboxylic acids is 2. The number of furan rings is 1. The van der Waals surface area contributed by atoms with Crippen molar-refractivity contribution >= 4 is 58.3 Å². The minimum absolute atomic E-state index is 0.183. The second-order valence-corrected chi connectivity index (χ2v) is 10.3. The zero-order valence-corrected chi connectivity index (χ0v) is 24.0. The van der Waals surface area contributed by atoms with Crippen molar-refractivity contribution in [2.75, 3.05) is 19.0 Å². The van der Waals surface area contributed by atoms with Crippen LogP contribution in [-0.2, 0) is 16.1 Å². The van der Waals surface area contributed by atoms with Crippen LogP contribution < -0.4 is 14.8 Å². The highest BCUT2D eigenvalue weighted by Gasteiger charge is 2.34. The Morgan fingerprint density at radius 3 is 2.48 bits per heavy atom. The minimum Gasteiger partial charge on any atom is -0.496 e. The molecule has 2 amide bonds. The van der Waals surface area contributed by atoms with Gasteiger partial charge in [-0.25, -0.2) is 0 Å². The number of hydrogen-bond acceptors (Lipinski definition) is 8. The van der Waals surface area contributed by atoms with Gasteiger partial charge in [-0.3, -0.25) is 14.5 Å². The van der Waals surface area contributed by atoms with Crippen LogP contribution in [0, 0.1) is 0 Å². The van der Waals surface area contributed by atoms with Crippen LogP contribution in [0.4, 0.5) is 5.69 Å². The average Bonchev–Trinajstić information content (AvgIpc) is 3.62. The van der Waals surface area contributed by atoms with Crippen molar-refractivity contribution in [2.45, 2.75) is 6.54 Å². The number of methoxy groups -OCH3 is 1. The van der Waals surface area contributed by atoms with Gasteiger partial charge in [-0.1, -0.05) is 41.9 Å². The second kappa shape index (κ2) is 13.7. The smallest absolute Gasteiger partial charge is 0.267 e. The molecule has 1 saturated heterocycles. The maximum Gasteiger partial charge on any atom is 0.267 e. The SMILES string of the molecule is COc1ccccc1/C=N\N=C1\S/C(=C\c2ccccc2OCC(=O)Nc2ccc(Cl)cc2)C(=O)N1Cc1ccco1. The molecule has 11 heteroatoms. The molecule has 1 aliphatic rings. The lowest BCUT2D eigenvalue weighted by molar-refractivity contribution is -0.122. The number of carbonyl (C=O) groups is 2. The van der Waals surface area contributed by atoms with Crippen molar-refractivity contribution in [1.82, 2.24) is 4.90 Å². The summed E-state index contributed by atoms with van der Waals surface area (Å²) in [5.41, 5.74) is 1.98. The molecule has 5 rings (SSSR count). The Bertz CT molecular complexity index is 1650. The number of anilines is 1. The summed E-state index contributed by atoms with van der Waals surface area (Å²) < 4.78 is 16.7. The number of benzene rings is 3. The molecule has 1 aromatic heterocycles. The Balaban J connectivity index is 1.35. The normalized spacial score (nSPS) is 15.1. The van der Waals surface area contributed by atoms with Gasteiger partial charge in [0.05, 0.1) is 31.0 Å². The predicted molar refractivity (Wildman–Crippen MR) is 165 cm³/mol. The molecule has 0 saturated carbocycles. The lowest BCUT2D eigenvalue weighted by Crippen LogP contribution is -2.28. The van der Waals surface area contributed by atoms with E-state index in [1.54, 1.807) is 80.3 Å².